The van der Waals surface area contributed by atoms with Crippen molar-refractivity contribution in [2.24, 2.45) is 11.3 Å². The minimum Gasteiger partial charge on any atom is -0.341 e. The van der Waals surface area contributed by atoms with E-state index in [1.54, 1.807) is 0 Å². The Labute approximate surface area is 140 Å². The van der Waals surface area contributed by atoms with Gasteiger partial charge < -0.3 is 15.1 Å². The van der Waals surface area contributed by atoms with Gasteiger partial charge in [0.2, 0.25) is 11.8 Å². The first-order chi connectivity index (χ1) is 9.89. The first-order valence-electron chi connectivity index (χ1n) is 8.18. The van der Waals surface area contributed by atoms with Crippen LogP contribution in [-0.4, -0.2) is 60.9 Å². The van der Waals surface area contributed by atoms with Crippen molar-refractivity contribution in [2.75, 3.05) is 39.3 Å². The van der Waals surface area contributed by atoms with Crippen LogP contribution in [0.3, 0.4) is 0 Å². The topological polar surface area (TPSA) is 52.7 Å². The van der Waals surface area contributed by atoms with Gasteiger partial charge in [-0.1, -0.05) is 20.8 Å². The summed E-state index contributed by atoms with van der Waals surface area (Å²) in [5, 5.41) is 3.32. The lowest BCUT2D eigenvalue weighted by atomic mass is 9.90. The third kappa shape index (κ3) is 4.85. The number of carbonyl (C=O) groups excluding carboxylic acids is 2. The van der Waals surface area contributed by atoms with Gasteiger partial charge in [-0.25, -0.2) is 0 Å². The fourth-order valence-electron chi connectivity index (χ4n) is 3.16. The number of piperidine rings is 1. The fraction of sp³-hybridized carbons (Fsp3) is 0.875. The van der Waals surface area contributed by atoms with Gasteiger partial charge in [-0.15, -0.1) is 12.4 Å². The van der Waals surface area contributed by atoms with E-state index < -0.39 is 0 Å². The second-order valence-electron chi connectivity index (χ2n) is 7.27. The fourth-order valence-corrected chi connectivity index (χ4v) is 3.16. The Morgan fingerprint density at radius 1 is 1.00 bits per heavy atom. The lowest BCUT2D eigenvalue weighted by molar-refractivity contribution is -0.145. The van der Waals surface area contributed by atoms with Gasteiger partial charge in [-0.05, 0) is 25.8 Å². The van der Waals surface area contributed by atoms with Crippen molar-refractivity contribution in [1.29, 1.82) is 0 Å². The highest BCUT2D eigenvalue weighted by molar-refractivity contribution is 5.85. The zero-order valence-corrected chi connectivity index (χ0v) is 14.9. The summed E-state index contributed by atoms with van der Waals surface area (Å²) in [7, 11) is 0. The van der Waals surface area contributed by atoms with E-state index in [0.717, 1.165) is 52.0 Å². The predicted molar refractivity (Wildman–Crippen MR) is 90.1 cm³/mol. The number of halogens is 1. The van der Waals surface area contributed by atoms with Gasteiger partial charge in [0.25, 0.3) is 0 Å². The van der Waals surface area contributed by atoms with Crippen molar-refractivity contribution < 1.29 is 9.59 Å². The molecule has 22 heavy (non-hydrogen) atoms. The summed E-state index contributed by atoms with van der Waals surface area (Å²) in [4.78, 5) is 29.0. The van der Waals surface area contributed by atoms with E-state index in [-0.39, 0.29) is 35.6 Å². The second-order valence-corrected chi connectivity index (χ2v) is 7.27. The van der Waals surface area contributed by atoms with Crippen molar-refractivity contribution in [3.63, 3.8) is 0 Å². The number of hydrogen-bond acceptors (Lipinski definition) is 3. The van der Waals surface area contributed by atoms with E-state index in [0.29, 0.717) is 6.54 Å². The molecule has 0 aromatic rings. The maximum atomic E-state index is 12.7. The zero-order chi connectivity index (χ0) is 15.5. The van der Waals surface area contributed by atoms with Crippen molar-refractivity contribution in [1.82, 2.24) is 15.1 Å². The minimum absolute atomic E-state index is 0. The number of amides is 2. The molecule has 1 N–H and O–H groups in total. The summed E-state index contributed by atoms with van der Waals surface area (Å²) in [6.45, 7) is 10.7. The SMILES string of the molecule is CC(C)(C)C(=O)N1CCCC(C(=O)N2CCCNCC2)C1.Cl. The molecule has 1 atom stereocenters. The Bertz CT molecular complexity index is 387. The number of nitrogens with one attached hydrogen (secondary N) is 1. The lowest BCUT2D eigenvalue weighted by Crippen LogP contribution is -2.49. The molecular formula is C16H30ClN3O2. The van der Waals surface area contributed by atoms with Gasteiger partial charge in [-0.2, -0.15) is 0 Å². The average Bonchev–Trinajstić information content (AvgIpc) is 2.74. The number of hydrogen-bond donors (Lipinski definition) is 1. The molecule has 2 amide bonds. The molecule has 0 aromatic carbocycles. The molecular weight excluding hydrogens is 302 g/mol. The molecule has 0 aromatic heterocycles. The van der Waals surface area contributed by atoms with E-state index in [4.69, 9.17) is 0 Å². The van der Waals surface area contributed by atoms with Crippen LogP contribution in [0.2, 0.25) is 0 Å². The van der Waals surface area contributed by atoms with Gasteiger partial charge in [0.05, 0.1) is 5.92 Å². The van der Waals surface area contributed by atoms with Crippen LogP contribution in [0.4, 0.5) is 0 Å². The average molecular weight is 332 g/mol. The zero-order valence-electron chi connectivity index (χ0n) is 14.1. The highest BCUT2D eigenvalue weighted by atomic mass is 35.5. The lowest BCUT2D eigenvalue weighted by Gasteiger charge is -2.37. The van der Waals surface area contributed by atoms with Crippen molar-refractivity contribution in [2.45, 2.75) is 40.0 Å². The first-order valence-corrected chi connectivity index (χ1v) is 8.18. The molecule has 1 unspecified atom stereocenters. The molecule has 2 fully saturated rings. The standard InChI is InChI=1S/C16H29N3O2.ClH/c1-16(2,3)15(21)19-9-4-6-13(12-19)14(20)18-10-5-7-17-8-11-18;/h13,17H,4-12H2,1-3H3;1H. The van der Waals surface area contributed by atoms with Gasteiger partial charge in [0.1, 0.15) is 0 Å². The Morgan fingerprint density at radius 2 is 1.68 bits per heavy atom. The molecule has 2 heterocycles. The first kappa shape index (κ1) is 19.2. The summed E-state index contributed by atoms with van der Waals surface area (Å²) in [5.74, 6) is 0.394. The largest absolute Gasteiger partial charge is 0.341 e. The maximum Gasteiger partial charge on any atom is 0.227 e. The van der Waals surface area contributed by atoms with Crippen molar-refractivity contribution in [3.05, 3.63) is 0 Å². The second kappa shape index (κ2) is 8.16. The molecule has 2 aliphatic heterocycles. The smallest absolute Gasteiger partial charge is 0.227 e. The molecule has 2 aliphatic rings. The summed E-state index contributed by atoms with van der Waals surface area (Å²) in [6.07, 6.45) is 2.87. The molecule has 0 saturated carbocycles. The predicted octanol–water partition coefficient (Wildman–Crippen LogP) is 1.51. The van der Waals surface area contributed by atoms with Gasteiger partial charge in [0.15, 0.2) is 0 Å². The van der Waals surface area contributed by atoms with Gasteiger partial charge in [0, 0.05) is 38.1 Å². The molecule has 5 nitrogen and oxygen atoms in total. The van der Waals surface area contributed by atoms with Crippen LogP contribution in [0.5, 0.6) is 0 Å². The van der Waals surface area contributed by atoms with Gasteiger partial charge >= 0.3 is 0 Å². The summed E-state index contributed by atoms with van der Waals surface area (Å²) in [5.41, 5.74) is -0.364. The van der Waals surface area contributed by atoms with E-state index in [1.807, 2.05) is 30.6 Å². The summed E-state index contributed by atoms with van der Waals surface area (Å²) >= 11 is 0. The molecule has 128 valence electrons. The van der Waals surface area contributed by atoms with Crippen LogP contribution in [0.15, 0.2) is 0 Å². The van der Waals surface area contributed by atoms with Crippen LogP contribution in [0.25, 0.3) is 0 Å². The monoisotopic (exact) mass is 331 g/mol. The van der Waals surface area contributed by atoms with E-state index in [9.17, 15) is 9.59 Å². The Hall–Kier alpha value is -0.810. The van der Waals surface area contributed by atoms with Crippen LogP contribution in [-0.2, 0) is 9.59 Å². The van der Waals surface area contributed by atoms with Crippen molar-refractivity contribution >= 4 is 24.2 Å². The molecule has 6 heteroatoms. The van der Waals surface area contributed by atoms with E-state index in [1.165, 1.54) is 0 Å². The Balaban J connectivity index is 0.00000242. The highest BCUT2D eigenvalue weighted by Crippen LogP contribution is 2.24. The third-order valence-electron chi connectivity index (χ3n) is 4.35. The van der Waals surface area contributed by atoms with Crippen LogP contribution < -0.4 is 5.32 Å². The quantitative estimate of drug-likeness (QED) is 0.792. The molecule has 2 saturated heterocycles. The highest BCUT2D eigenvalue weighted by Gasteiger charge is 2.34. The van der Waals surface area contributed by atoms with Gasteiger partial charge in [-0.3, -0.25) is 9.59 Å². The van der Waals surface area contributed by atoms with Crippen molar-refractivity contribution in [3.8, 4) is 0 Å². The molecule has 0 spiro atoms. The third-order valence-corrected chi connectivity index (χ3v) is 4.35. The summed E-state index contributed by atoms with van der Waals surface area (Å²) < 4.78 is 0. The molecule has 0 aliphatic carbocycles. The Kier molecular flexibility index (Phi) is 7.13. The van der Waals surface area contributed by atoms with Crippen LogP contribution in [0.1, 0.15) is 40.0 Å². The van der Waals surface area contributed by atoms with Crippen LogP contribution in [0, 0.1) is 11.3 Å². The number of rotatable bonds is 1. The molecule has 0 radical (unpaired) electrons. The normalized spacial score (nSPS) is 23.5. The van der Waals surface area contributed by atoms with E-state index >= 15 is 0 Å². The number of carbonyl (C=O) groups is 2. The minimum atomic E-state index is -0.364. The molecule has 2 rings (SSSR count). The van der Waals surface area contributed by atoms with E-state index in [2.05, 4.69) is 5.32 Å². The Morgan fingerprint density at radius 3 is 2.36 bits per heavy atom. The number of nitrogens with zero attached hydrogens (tertiary/aromatic N) is 2. The number of likely N-dealkylation sites (tertiary alicyclic amines) is 1. The van der Waals surface area contributed by atoms with Crippen LogP contribution >= 0.6 is 12.4 Å². The molecule has 0 bridgehead atoms. The summed E-state index contributed by atoms with van der Waals surface area (Å²) in [6, 6.07) is 0. The maximum absolute atomic E-state index is 12.7.